The molecule has 0 aliphatic carbocycles. The molecule has 0 fully saturated rings. The molecule has 2 aromatic carbocycles. The van der Waals surface area contributed by atoms with Gasteiger partial charge in [-0.05, 0) is 35.4 Å². The highest BCUT2D eigenvalue weighted by atomic mass is 16.5. The molecule has 0 saturated carbocycles. The van der Waals surface area contributed by atoms with E-state index in [0.29, 0.717) is 31.1 Å². The molecule has 0 atom stereocenters. The van der Waals surface area contributed by atoms with Gasteiger partial charge in [-0.25, -0.2) is 4.79 Å². The number of fused-ring (bicyclic) bond motifs is 1. The highest BCUT2D eigenvalue weighted by molar-refractivity contribution is 5.75. The second-order valence-electron chi connectivity index (χ2n) is 5.22. The SMILES string of the molecule is Nc1ccc(-c2ccc3c(c2)CN(C(=O)O)CCO3)cc1N. The predicted octanol–water partition coefficient (Wildman–Crippen LogP) is 2.39. The molecule has 0 radical (unpaired) electrons. The van der Waals surface area contributed by atoms with Crippen molar-refractivity contribution >= 4 is 17.5 Å². The van der Waals surface area contributed by atoms with E-state index in [-0.39, 0.29) is 0 Å². The van der Waals surface area contributed by atoms with Gasteiger partial charge in [0.05, 0.1) is 24.5 Å². The molecule has 0 bridgehead atoms. The van der Waals surface area contributed by atoms with Crippen LogP contribution in [0.2, 0.25) is 0 Å². The van der Waals surface area contributed by atoms with E-state index in [1.165, 1.54) is 4.90 Å². The number of hydrogen-bond acceptors (Lipinski definition) is 4. The summed E-state index contributed by atoms with van der Waals surface area (Å²) in [6.45, 7) is 1.02. The molecule has 22 heavy (non-hydrogen) atoms. The minimum Gasteiger partial charge on any atom is -0.491 e. The summed E-state index contributed by atoms with van der Waals surface area (Å²) < 4.78 is 5.61. The molecule has 0 unspecified atom stereocenters. The maximum Gasteiger partial charge on any atom is 0.407 e. The number of benzene rings is 2. The van der Waals surface area contributed by atoms with E-state index in [1.54, 1.807) is 6.07 Å². The lowest BCUT2D eigenvalue weighted by Crippen LogP contribution is -2.30. The van der Waals surface area contributed by atoms with Crippen LogP contribution in [0, 0.1) is 0 Å². The maximum absolute atomic E-state index is 11.2. The molecular formula is C16H17N3O3. The van der Waals surface area contributed by atoms with E-state index in [2.05, 4.69) is 0 Å². The van der Waals surface area contributed by atoms with Crippen LogP contribution in [0.15, 0.2) is 36.4 Å². The fourth-order valence-electron chi connectivity index (χ4n) is 2.49. The van der Waals surface area contributed by atoms with E-state index >= 15 is 0 Å². The second-order valence-corrected chi connectivity index (χ2v) is 5.22. The van der Waals surface area contributed by atoms with Crippen LogP contribution in [-0.2, 0) is 6.54 Å². The van der Waals surface area contributed by atoms with Crippen LogP contribution in [0.1, 0.15) is 5.56 Å². The van der Waals surface area contributed by atoms with Gasteiger partial charge in [-0.2, -0.15) is 0 Å². The van der Waals surface area contributed by atoms with Gasteiger partial charge in [0.15, 0.2) is 0 Å². The van der Waals surface area contributed by atoms with Crippen molar-refractivity contribution in [1.82, 2.24) is 4.90 Å². The molecule has 1 aliphatic heterocycles. The number of nitrogen functional groups attached to an aromatic ring is 2. The molecule has 0 spiro atoms. The summed E-state index contributed by atoms with van der Waals surface area (Å²) in [5.41, 5.74) is 15.4. The number of amides is 1. The number of hydrogen-bond donors (Lipinski definition) is 3. The topological polar surface area (TPSA) is 102 Å². The highest BCUT2D eigenvalue weighted by Gasteiger charge is 2.19. The molecule has 5 N–H and O–H groups in total. The van der Waals surface area contributed by atoms with Gasteiger partial charge < -0.3 is 26.2 Å². The van der Waals surface area contributed by atoms with E-state index in [1.807, 2.05) is 30.3 Å². The number of carbonyl (C=O) groups is 1. The van der Waals surface area contributed by atoms with Gasteiger partial charge >= 0.3 is 6.09 Å². The lowest BCUT2D eigenvalue weighted by atomic mass is 10.0. The van der Waals surface area contributed by atoms with E-state index in [0.717, 1.165) is 22.4 Å². The van der Waals surface area contributed by atoms with E-state index in [4.69, 9.17) is 16.2 Å². The van der Waals surface area contributed by atoms with Crippen LogP contribution in [0.3, 0.4) is 0 Å². The smallest absolute Gasteiger partial charge is 0.407 e. The van der Waals surface area contributed by atoms with Crippen molar-refractivity contribution in [3.05, 3.63) is 42.0 Å². The van der Waals surface area contributed by atoms with Gasteiger partial charge in [-0.3, -0.25) is 0 Å². The van der Waals surface area contributed by atoms with Crippen LogP contribution in [0.5, 0.6) is 5.75 Å². The van der Waals surface area contributed by atoms with Crippen molar-refractivity contribution in [1.29, 1.82) is 0 Å². The molecule has 114 valence electrons. The van der Waals surface area contributed by atoms with E-state index < -0.39 is 6.09 Å². The van der Waals surface area contributed by atoms with Crippen molar-refractivity contribution in [3.63, 3.8) is 0 Å². The van der Waals surface area contributed by atoms with Crippen molar-refractivity contribution in [2.45, 2.75) is 6.54 Å². The second kappa shape index (κ2) is 5.48. The van der Waals surface area contributed by atoms with Gasteiger partial charge in [-0.1, -0.05) is 12.1 Å². The summed E-state index contributed by atoms with van der Waals surface area (Å²) in [6, 6.07) is 11.2. The standard InChI is InChI=1S/C16H17N3O3/c17-13-3-1-11(8-14(13)18)10-2-4-15-12(7-10)9-19(16(20)21)5-6-22-15/h1-4,7-8H,5-6,9,17-18H2,(H,20,21). The van der Waals surface area contributed by atoms with Crippen molar-refractivity contribution in [3.8, 4) is 16.9 Å². The molecule has 1 aliphatic rings. The fraction of sp³-hybridized carbons (Fsp3) is 0.188. The Balaban J connectivity index is 1.98. The fourth-order valence-corrected chi connectivity index (χ4v) is 2.49. The third kappa shape index (κ3) is 2.63. The minimum atomic E-state index is -0.946. The normalized spacial score (nSPS) is 13.9. The number of anilines is 2. The average Bonchev–Trinajstić information content (AvgIpc) is 2.71. The van der Waals surface area contributed by atoms with Crippen LogP contribution < -0.4 is 16.2 Å². The molecule has 1 heterocycles. The van der Waals surface area contributed by atoms with Gasteiger partial charge in [0.1, 0.15) is 12.4 Å². The molecule has 2 aromatic rings. The van der Waals surface area contributed by atoms with Gasteiger partial charge in [0.2, 0.25) is 0 Å². The Morgan fingerprint density at radius 1 is 1.09 bits per heavy atom. The highest BCUT2D eigenvalue weighted by Crippen LogP contribution is 2.31. The third-order valence-corrected chi connectivity index (χ3v) is 3.73. The predicted molar refractivity (Wildman–Crippen MR) is 84.6 cm³/mol. The number of carboxylic acid groups (broad SMARTS) is 1. The van der Waals surface area contributed by atoms with Crippen LogP contribution in [-0.4, -0.2) is 29.3 Å². The zero-order valence-corrected chi connectivity index (χ0v) is 12.0. The zero-order chi connectivity index (χ0) is 15.7. The summed E-state index contributed by atoms with van der Waals surface area (Å²) in [6.07, 6.45) is -0.946. The summed E-state index contributed by atoms with van der Waals surface area (Å²) in [7, 11) is 0. The summed E-state index contributed by atoms with van der Waals surface area (Å²) >= 11 is 0. The van der Waals surface area contributed by atoms with Gasteiger partial charge in [0.25, 0.3) is 0 Å². The first-order valence-electron chi connectivity index (χ1n) is 6.93. The lowest BCUT2D eigenvalue weighted by Gasteiger charge is -2.15. The Kier molecular flexibility index (Phi) is 3.50. The number of nitrogens with two attached hydrogens (primary N) is 2. The average molecular weight is 299 g/mol. The number of nitrogens with zero attached hydrogens (tertiary/aromatic N) is 1. The molecule has 3 rings (SSSR count). The Morgan fingerprint density at radius 2 is 1.82 bits per heavy atom. The number of ether oxygens (including phenoxy) is 1. The Labute approximate surface area is 127 Å². The summed E-state index contributed by atoms with van der Waals surface area (Å²) in [4.78, 5) is 12.5. The first kappa shape index (κ1) is 14.1. The van der Waals surface area contributed by atoms with Gasteiger partial charge in [-0.15, -0.1) is 0 Å². The Bertz CT molecular complexity index is 731. The number of rotatable bonds is 1. The molecule has 6 nitrogen and oxygen atoms in total. The van der Waals surface area contributed by atoms with Crippen molar-refractivity contribution in [2.24, 2.45) is 0 Å². The molecule has 1 amide bonds. The third-order valence-electron chi connectivity index (χ3n) is 3.73. The monoisotopic (exact) mass is 299 g/mol. The van der Waals surface area contributed by atoms with Gasteiger partial charge in [0, 0.05) is 5.56 Å². The summed E-state index contributed by atoms with van der Waals surface area (Å²) in [5.74, 6) is 0.718. The van der Waals surface area contributed by atoms with Crippen LogP contribution >= 0.6 is 0 Å². The quantitative estimate of drug-likeness (QED) is 0.702. The maximum atomic E-state index is 11.2. The molecule has 0 aromatic heterocycles. The summed E-state index contributed by atoms with van der Waals surface area (Å²) in [5, 5.41) is 9.18. The van der Waals surface area contributed by atoms with Crippen molar-refractivity contribution in [2.75, 3.05) is 24.6 Å². The lowest BCUT2D eigenvalue weighted by molar-refractivity contribution is 0.138. The largest absolute Gasteiger partial charge is 0.491 e. The first-order valence-corrected chi connectivity index (χ1v) is 6.93. The molecule has 0 saturated heterocycles. The van der Waals surface area contributed by atoms with Crippen LogP contribution in [0.25, 0.3) is 11.1 Å². The van der Waals surface area contributed by atoms with Crippen LogP contribution in [0.4, 0.5) is 16.2 Å². The first-order chi connectivity index (χ1) is 10.5. The van der Waals surface area contributed by atoms with E-state index in [9.17, 15) is 9.90 Å². The van der Waals surface area contributed by atoms with Crippen molar-refractivity contribution < 1.29 is 14.6 Å². The minimum absolute atomic E-state index is 0.308. The Hall–Kier alpha value is -2.89. The molecular weight excluding hydrogens is 282 g/mol. The Morgan fingerprint density at radius 3 is 2.55 bits per heavy atom. The zero-order valence-electron chi connectivity index (χ0n) is 12.0. The molecule has 6 heteroatoms.